The van der Waals surface area contributed by atoms with Crippen LogP contribution in [0.5, 0.6) is 11.5 Å². The van der Waals surface area contributed by atoms with Crippen molar-refractivity contribution in [3.63, 3.8) is 0 Å². The average Bonchev–Trinajstić information content (AvgIpc) is 2.36. The second kappa shape index (κ2) is 7.59. The maximum Gasteiger partial charge on any atom is 0.148 e. The zero-order valence-corrected chi connectivity index (χ0v) is 10.5. The maximum absolute atomic E-state index is 5.56. The van der Waals surface area contributed by atoms with Crippen molar-refractivity contribution in [2.24, 2.45) is 0 Å². The van der Waals surface area contributed by atoms with Crippen LogP contribution in [0, 0.1) is 12.3 Å². The quantitative estimate of drug-likeness (QED) is 0.732. The van der Waals surface area contributed by atoms with E-state index in [1.165, 1.54) is 0 Å². The second-order valence-corrected chi connectivity index (χ2v) is 3.64. The summed E-state index contributed by atoms with van der Waals surface area (Å²) < 4.78 is 11.1. The van der Waals surface area contributed by atoms with Crippen molar-refractivity contribution in [3.8, 4) is 23.8 Å². The molecule has 0 amide bonds. The summed E-state index contributed by atoms with van der Waals surface area (Å²) in [5.41, 5.74) is 1.08. The number of terminal acetylenes is 1. The fourth-order valence-corrected chi connectivity index (χ4v) is 1.43. The topological polar surface area (TPSA) is 30.5 Å². The average molecular weight is 233 g/mol. The maximum atomic E-state index is 5.56. The fourth-order valence-electron chi connectivity index (χ4n) is 1.43. The summed E-state index contributed by atoms with van der Waals surface area (Å²) in [6.45, 7) is 3.80. The van der Waals surface area contributed by atoms with Gasteiger partial charge in [-0.05, 0) is 19.5 Å². The van der Waals surface area contributed by atoms with E-state index in [2.05, 4.69) is 18.2 Å². The van der Waals surface area contributed by atoms with E-state index >= 15 is 0 Å². The summed E-state index contributed by atoms with van der Waals surface area (Å²) in [4.78, 5) is 0. The molecule has 17 heavy (non-hydrogen) atoms. The van der Waals surface area contributed by atoms with Crippen LogP contribution in [0.1, 0.15) is 18.9 Å². The van der Waals surface area contributed by atoms with Crippen LogP contribution in [0.4, 0.5) is 0 Å². The Balaban J connectivity index is 2.81. The molecule has 0 saturated carbocycles. The van der Waals surface area contributed by atoms with E-state index in [0.29, 0.717) is 6.61 Å². The first-order chi connectivity index (χ1) is 8.31. The van der Waals surface area contributed by atoms with Gasteiger partial charge in [-0.1, -0.05) is 18.9 Å². The highest BCUT2D eigenvalue weighted by Crippen LogP contribution is 2.25. The Morgan fingerprint density at radius 2 is 2.18 bits per heavy atom. The lowest BCUT2D eigenvalue weighted by Gasteiger charge is -2.12. The van der Waals surface area contributed by atoms with Gasteiger partial charge in [0, 0.05) is 18.2 Å². The third-order valence-electron chi connectivity index (χ3n) is 2.19. The third kappa shape index (κ3) is 4.38. The number of rotatable bonds is 7. The first-order valence-electron chi connectivity index (χ1n) is 5.78. The van der Waals surface area contributed by atoms with Crippen LogP contribution in [-0.2, 0) is 6.54 Å². The summed E-state index contributed by atoms with van der Waals surface area (Å²) in [5, 5.41) is 3.09. The molecule has 0 atom stereocenters. The molecule has 0 heterocycles. The Bertz CT molecular complexity index is 382. The van der Waals surface area contributed by atoms with Crippen molar-refractivity contribution in [3.05, 3.63) is 23.8 Å². The first kappa shape index (κ1) is 13.4. The van der Waals surface area contributed by atoms with Gasteiger partial charge in [0.2, 0.25) is 0 Å². The summed E-state index contributed by atoms with van der Waals surface area (Å²) in [6, 6.07) is 5.83. The summed E-state index contributed by atoms with van der Waals surface area (Å²) in [6.07, 6.45) is 6.18. The normalized spacial score (nSPS) is 9.71. The molecule has 0 aromatic heterocycles. The van der Waals surface area contributed by atoms with E-state index in [1.54, 1.807) is 0 Å². The van der Waals surface area contributed by atoms with E-state index in [0.717, 1.165) is 30.0 Å². The summed E-state index contributed by atoms with van der Waals surface area (Å²) >= 11 is 0. The molecule has 0 spiro atoms. The lowest BCUT2D eigenvalue weighted by molar-refractivity contribution is 0.312. The second-order valence-electron chi connectivity index (χ2n) is 3.64. The van der Waals surface area contributed by atoms with Gasteiger partial charge in [-0.3, -0.25) is 0 Å². The van der Waals surface area contributed by atoms with Crippen LogP contribution < -0.4 is 14.8 Å². The van der Waals surface area contributed by atoms with Crippen molar-refractivity contribution in [1.29, 1.82) is 0 Å². The lowest BCUT2D eigenvalue weighted by Crippen LogP contribution is -2.08. The number of hydrogen-bond acceptors (Lipinski definition) is 3. The van der Waals surface area contributed by atoms with Gasteiger partial charge < -0.3 is 14.8 Å². The molecule has 3 nitrogen and oxygen atoms in total. The molecule has 0 aliphatic heterocycles. The van der Waals surface area contributed by atoms with Crippen molar-refractivity contribution in [1.82, 2.24) is 5.32 Å². The minimum absolute atomic E-state index is 0.272. The first-order valence-corrected chi connectivity index (χ1v) is 5.78. The van der Waals surface area contributed by atoms with Gasteiger partial charge in [-0.25, -0.2) is 0 Å². The van der Waals surface area contributed by atoms with E-state index in [4.69, 9.17) is 15.9 Å². The third-order valence-corrected chi connectivity index (χ3v) is 2.19. The molecule has 0 radical (unpaired) electrons. The fraction of sp³-hybridized carbons (Fsp3) is 0.429. The standard InChI is InChI=1S/C14H19NO2/c1-4-8-16-13-7-6-12(11-15-3)14(10-13)17-9-5-2/h2,6-7,10,15H,4,8-9,11H2,1,3H3. The van der Waals surface area contributed by atoms with Crippen LogP contribution in [0.2, 0.25) is 0 Å². The van der Waals surface area contributed by atoms with Gasteiger partial charge in [0.15, 0.2) is 0 Å². The molecule has 3 heteroatoms. The Hall–Kier alpha value is -1.66. The van der Waals surface area contributed by atoms with Crippen LogP contribution in [0.25, 0.3) is 0 Å². The van der Waals surface area contributed by atoms with Gasteiger partial charge in [-0.15, -0.1) is 6.42 Å². The van der Waals surface area contributed by atoms with E-state index in [9.17, 15) is 0 Å². The molecule has 0 bridgehead atoms. The van der Waals surface area contributed by atoms with Crippen LogP contribution in [0.15, 0.2) is 18.2 Å². The molecule has 0 fully saturated rings. The molecule has 1 aromatic rings. The van der Waals surface area contributed by atoms with Gasteiger partial charge in [0.25, 0.3) is 0 Å². The molecular weight excluding hydrogens is 214 g/mol. The van der Waals surface area contributed by atoms with E-state index in [-0.39, 0.29) is 6.61 Å². The van der Waals surface area contributed by atoms with E-state index < -0.39 is 0 Å². The number of ether oxygens (including phenoxy) is 2. The van der Waals surface area contributed by atoms with Gasteiger partial charge >= 0.3 is 0 Å². The van der Waals surface area contributed by atoms with Crippen molar-refractivity contribution in [2.75, 3.05) is 20.3 Å². The molecule has 0 aliphatic carbocycles. The predicted octanol–water partition coefficient (Wildman–Crippen LogP) is 2.21. The zero-order chi connectivity index (χ0) is 12.5. The smallest absolute Gasteiger partial charge is 0.148 e. The highest BCUT2D eigenvalue weighted by Gasteiger charge is 2.05. The highest BCUT2D eigenvalue weighted by atomic mass is 16.5. The largest absolute Gasteiger partial charge is 0.493 e. The Kier molecular flexibility index (Phi) is 5.98. The minimum Gasteiger partial charge on any atom is -0.493 e. The van der Waals surface area contributed by atoms with E-state index in [1.807, 2.05) is 25.2 Å². The molecule has 92 valence electrons. The summed E-state index contributed by atoms with van der Waals surface area (Å²) in [7, 11) is 1.90. The number of benzene rings is 1. The Labute approximate surface area is 103 Å². The Morgan fingerprint density at radius 3 is 2.82 bits per heavy atom. The Morgan fingerprint density at radius 1 is 1.35 bits per heavy atom. The van der Waals surface area contributed by atoms with Gasteiger partial charge in [0.05, 0.1) is 6.61 Å². The van der Waals surface area contributed by atoms with Crippen molar-refractivity contribution in [2.45, 2.75) is 19.9 Å². The molecular formula is C14H19NO2. The van der Waals surface area contributed by atoms with Crippen molar-refractivity contribution >= 4 is 0 Å². The van der Waals surface area contributed by atoms with Crippen LogP contribution >= 0.6 is 0 Å². The minimum atomic E-state index is 0.272. The van der Waals surface area contributed by atoms with Crippen LogP contribution in [0.3, 0.4) is 0 Å². The monoisotopic (exact) mass is 233 g/mol. The zero-order valence-electron chi connectivity index (χ0n) is 10.5. The number of nitrogens with one attached hydrogen (secondary N) is 1. The van der Waals surface area contributed by atoms with Gasteiger partial charge in [-0.2, -0.15) is 0 Å². The molecule has 1 N–H and O–H groups in total. The molecule has 0 unspecified atom stereocenters. The summed E-state index contributed by atoms with van der Waals surface area (Å²) in [5.74, 6) is 4.07. The molecule has 1 aromatic carbocycles. The molecule has 0 saturated heterocycles. The van der Waals surface area contributed by atoms with Crippen LogP contribution in [-0.4, -0.2) is 20.3 Å². The number of hydrogen-bond donors (Lipinski definition) is 1. The highest BCUT2D eigenvalue weighted by molar-refractivity contribution is 5.41. The van der Waals surface area contributed by atoms with Gasteiger partial charge in [0.1, 0.15) is 18.1 Å². The molecule has 1 rings (SSSR count). The SMILES string of the molecule is C#CCOc1cc(OCCC)ccc1CNC. The predicted molar refractivity (Wildman–Crippen MR) is 69.3 cm³/mol. The molecule has 0 aliphatic rings. The van der Waals surface area contributed by atoms with Crippen molar-refractivity contribution < 1.29 is 9.47 Å². The lowest BCUT2D eigenvalue weighted by atomic mass is 10.2.